The Balaban J connectivity index is 1.24. The van der Waals surface area contributed by atoms with Crippen LogP contribution in [0.15, 0.2) is 71.3 Å². The Morgan fingerprint density at radius 3 is 2.65 bits per heavy atom. The van der Waals surface area contributed by atoms with Crippen LogP contribution in [-0.4, -0.2) is 34.0 Å². The zero-order valence-corrected chi connectivity index (χ0v) is 21.9. The Morgan fingerprint density at radius 1 is 1.05 bits per heavy atom. The zero-order valence-electron chi connectivity index (χ0n) is 19.7. The van der Waals surface area contributed by atoms with Crippen LogP contribution < -0.4 is 10.1 Å². The van der Waals surface area contributed by atoms with Gasteiger partial charge in [-0.1, -0.05) is 58.2 Å². The molecule has 1 saturated heterocycles. The van der Waals surface area contributed by atoms with E-state index < -0.39 is 0 Å². The van der Waals surface area contributed by atoms with Gasteiger partial charge in [-0.25, -0.2) is 0 Å². The first-order valence-corrected chi connectivity index (χ1v) is 12.9. The molecule has 1 amide bonds. The number of anilines is 1. The van der Waals surface area contributed by atoms with Gasteiger partial charge in [0.25, 0.3) is 0 Å². The lowest BCUT2D eigenvalue weighted by molar-refractivity contribution is -0.121. The largest absolute Gasteiger partial charge is 0.455 e. The summed E-state index contributed by atoms with van der Waals surface area (Å²) in [6.07, 6.45) is 1.64. The molecule has 5 rings (SSSR count). The second-order valence-electron chi connectivity index (χ2n) is 8.76. The Morgan fingerprint density at radius 2 is 1.84 bits per heavy atom. The van der Waals surface area contributed by atoms with Crippen LogP contribution in [0.2, 0.25) is 15.1 Å². The lowest BCUT2D eigenvalue weighted by atomic mass is 9.97. The zero-order chi connectivity index (χ0) is 25.8. The summed E-state index contributed by atoms with van der Waals surface area (Å²) in [6, 6.07) is 19.7. The van der Waals surface area contributed by atoms with Crippen LogP contribution in [-0.2, 0) is 11.3 Å². The average Bonchev–Trinajstić information content (AvgIpc) is 3.34. The molecule has 1 aliphatic heterocycles. The van der Waals surface area contributed by atoms with Crippen molar-refractivity contribution in [1.82, 2.24) is 15.0 Å². The molecule has 1 N–H and O–H groups in total. The topological polar surface area (TPSA) is 80.5 Å². The maximum atomic E-state index is 13.2. The fraction of sp³-hybridized carbons (Fsp3) is 0.222. The Hall–Kier alpha value is -3.10. The predicted molar refractivity (Wildman–Crippen MR) is 144 cm³/mol. The molecule has 0 aliphatic carbocycles. The van der Waals surface area contributed by atoms with E-state index in [4.69, 9.17) is 44.1 Å². The molecule has 190 valence electrons. The highest BCUT2D eigenvalue weighted by Crippen LogP contribution is 2.33. The number of nitrogens with zero attached hydrogens (tertiary/aromatic N) is 3. The number of benzene rings is 3. The number of carbonyl (C=O) groups excluding carboxylic acids is 1. The molecule has 0 saturated carbocycles. The number of halogens is 3. The van der Waals surface area contributed by atoms with E-state index in [9.17, 15) is 4.79 Å². The van der Waals surface area contributed by atoms with E-state index in [-0.39, 0.29) is 11.8 Å². The third-order valence-corrected chi connectivity index (χ3v) is 6.83. The minimum atomic E-state index is -0.217. The van der Waals surface area contributed by atoms with E-state index in [0.29, 0.717) is 62.6 Å². The summed E-state index contributed by atoms with van der Waals surface area (Å²) in [5.41, 5.74) is 1.17. The Kier molecular flexibility index (Phi) is 7.96. The third kappa shape index (κ3) is 6.43. The molecule has 37 heavy (non-hydrogen) atoms. The maximum absolute atomic E-state index is 13.2. The molecule has 0 spiro atoms. The van der Waals surface area contributed by atoms with Crippen molar-refractivity contribution in [1.29, 1.82) is 0 Å². The first-order valence-electron chi connectivity index (χ1n) is 11.8. The van der Waals surface area contributed by atoms with Crippen LogP contribution in [0, 0.1) is 5.92 Å². The van der Waals surface area contributed by atoms with Gasteiger partial charge in [0, 0.05) is 22.2 Å². The predicted octanol–water partition coefficient (Wildman–Crippen LogP) is 7.34. The first-order chi connectivity index (χ1) is 17.9. The molecule has 10 heteroatoms. The molecular weight excluding hydrogens is 535 g/mol. The average molecular weight is 558 g/mol. The van der Waals surface area contributed by atoms with Gasteiger partial charge in [0.2, 0.25) is 17.6 Å². The number of piperidine rings is 1. The van der Waals surface area contributed by atoms with Gasteiger partial charge in [-0.05, 0) is 67.9 Å². The molecule has 4 aromatic rings. The fourth-order valence-electron chi connectivity index (χ4n) is 4.24. The van der Waals surface area contributed by atoms with Crippen LogP contribution in [0.4, 0.5) is 5.69 Å². The van der Waals surface area contributed by atoms with Gasteiger partial charge in [0.05, 0.1) is 23.2 Å². The number of amides is 1. The first kappa shape index (κ1) is 25.5. The number of hydrogen-bond donors (Lipinski definition) is 1. The number of ether oxygens (including phenoxy) is 1. The third-order valence-electron chi connectivity index (χ3n) is 6.05. The van der Waals surface area contributed by atoms with Gasteiger partial charge >= 0.3 is 0 Å². The van der Waals surface area contributed by atoms with E-state index in [0.717, 1.165) is 19.4 Å². The van der Waals surface area contributed by atoms with Crippen molar-refractivity contribution in [3.8, 4) is 22.9 Å². The number of carbonyl (C=O) groups is 1. The highest BCUT2D eigenvalue weighted by atomic mass is 35.5. The summed E-state index contributed by atoms with van der Waals surface area (Å²) in [6.45, 7) is 1.81. The number of hydrogen-bond acceptors (Lipinski definition) is 6. The molecule has 3 aromatic carbocycles. The van der Waals surface area contributed by atoms with Gasteiger partial charge in [-0.3, -0.25) is 9.69 Å². The molecule has 2 heterocycles. The highest BCUT2D eigenvalue weighted by Gasteiger charge is 2.28. The standard InChI is InChI=1S/C27H23Cl3N4O3/c28-18-8-10-21(22(30)13-18)26-32-25(37-33-26)16-34-12-4-5-17(15-34)27(35)31-23-14-19(29)9-11-24(23)36-20-6-2-1-3-7-20/h1-3,6-11,13-14,17H,4-5,12,15-16H2,(H,31,35). The normalized spacial score (nSPS) is 15.9. The van der Waals surface area contributed by atoms with Gasteiger partial charge in [-0.2, -0.15) is 4.98 Å². The molecule has 7 nitrogen and oxygen atoms in total. The van der Waals surface area contributed by atoms with Crippen LogP contribution in [0.25, 0.3) is 11.4 Å². The van der Waals surface area contributed by atoms with Gasteiger partial charge in [-0.15, -0.1) is 0 Å². The molecular formula is C27H23Cl3N4O3. The highest BCUT2D eigenvalue weighted by molar-refractivity contribution is 6.36. The van der Waals surface area contributed by atoms with Crippen molar-refractivity contribution in [2.75, 3.05) is 18.4 Å². The van der Waals surface area contributed by atoms with Crippen LogP contribution in [0.1, 0.15) is 18.7 Å². The van der Waals surface area contributed by atoms with E-state index in [1.54, 1.807) is 36.4 Å². The van der Waals surface area contributed by atoms with E-state index in [2.05, 4.69) is 20.4 Å². The SMILES string of the molecule is O=C(Nc1cc(Cl)ccc1Oc1ccccc1)C1CCCN(Cc2nc(-c3ccc(Cl)cc3Cl)no2)C1. The van der Waals surface area contributed by atoms with Crippen LogP contribution >= 0.6 is 34.8 Å². The van der Waals surface area contributed by atoms with Gasteiger partial charge in [0.15, 0.2) is 5.75 Å². The van der Waals surface area contributed by atoms with Crippen molar-refractivity contribution in [3.63, 3.8) is 0 Å². The molecule has 1 aromatic heterocycles. The van der Waals surface area contributed by atoms with Crippen molar-refractivity contribution >= 4 is 46.4 Å². The summed E-state index contributed by atoms with van der Waals surface area (Å²) in [7, 11) is 0. The van der Waals surface area contributed by atoms with Crippen LogP contribution in [0.3, 0.4) is 0 Å². The molecule has 1 aliphatic rings. The molecule has 0 bridgehead atoms. The van der Waals surface area contributed by atoms with Crippen molar-refractivity contribution in [2.45, 2.75) is 19.4 Å². The molecule has 1 atom stereocenters. The molecule has 1 unspecified atom stereocenters. The van der Waals surface area contributed by atoms with Gasteiger partial charge < -0.3 is 14.6 Å². The summed E-state index contributed by atoms with van der Waals surface area (Å²) < 4.78 is 11.4. The number of rotatable bonds is 7. The summed E-state index contributed by atoms with van der Waals surface area (Å²) in [5, 5.41) is 8.56. The number of likely N-dealkylation sites (tertiary alicyclic amines) is 1. The smallest absolute Gasteiger partial charge is 0.241 e. The quantitative estimate of drug-likeness (QED) is 0.256. The van der Waals surface area contributed by atoms with Crippen molar-refractivity contribution in [2.24, 2.45) is 5.92 Å². The number of aromatic nitrogens is 2. The molecule has 1 fully saturated rings. The van der Waals surface area contributed by atoms with Crippen molar-refractivity contribution < 1.29 is 14.1 Å². The van der Waals surface area contributed by atoms with E-state index in [1.165, 1.54) is 0 Å². The van der Waals surface area contributed by atoms with Crippen molar-refractivity contribution in [3.05, 3.63) is 87.7 Å². The van der Waals surface area contributed by atoms with E-state index in [1.807, 2.05) is 30.3 Å². The lowest BCUT2D eigenvalue weighted by Crippen LogP contribution is -2.40. The fourth-order valence-corrected chi connectivity index (χ4v) is 4.91. The lowest BCUT2D eigenvalue weighted by Gasteiger charge is -2.31. The van der Waals surface area contributed by atoms with E-state index >= 15 is 0 Å². The Bertz CT molecular complexity index is 1400. The molecule has 0 radical (unpaired) electrons. The summed E-state index contributed by atoms with van der Waals surface area (Å²) in [4.78, 5) is 19.8. The minimum absolute atomic E-state index is 0.0935. The number of nitrogens with one attached hydrogen (secondary N) is 1. The Labute approximate surface area is 229 Å². The number of para-hydroxylation sites is 1. The van der Waals surface area contributed by atoms with Crippen LogP contribution in [0.5, 0.6) is 11.5 Å². The maximum Gasteiger partial charge on any atom is 0.241 e. The summed E-state index contributed by atoms with van der Waals surface area (Å²) >= 11 is 18.5. The second-order valence-corrected chi connectivity index (χ2v) is 10.0. The summed E-state index contributed by atoms with van der Waals surface area (Å²) in [5.74, 6) is 1.73. The van der Waals surface area contributed by atoms with Gasteiger partial charge in [0.1, 0.15) is 5.75 Å². The second kappa shape index (κ2) is 11.5. The minimum Gasteiger partial charge on any atom is -0.455 e. The monoisotopic (exact) mass is 556 g/mol.